The second kappa shape index (κ2) is 4.18. The van der Waals surface area contributed by atoms with Gasteiger partial charge in [0, 0.05) is 12.1 Å². The first kappa shape index (κ1) is 10.3. The fourth-order valence-corrected chi connectivity index (χ4v) is 1.71. The summed E-state index contributed by atoms with van der Waals surface area (Å²) in [4.78, 5) is 3.47. The van der Waals surface area contributed by atoms with Gasteiger partial charge >= 0.3 is 12.8 Å². The average molecular weight is 239 g/mol. The van der Waals surface area contributed by atoms with Crippen LogP contribution >= 0.6 is 0 Å². The molecule has 0 saturated heterocycles. The fourth-order valence-electron chi connectivity index (χ4n) is 1.71. The minimum Gasteiger partial charge on any atom is -0.412 e. The molecule has 0 spiro atoms. The highest BCUT2D eigenvalue weighted by molar-refractivity contribution is 5.54. The summed E-state index contributed by atoms with van der Waals surface area (Å²) in [7, 11) is 0. The lowest BCUT2D eigenvalue weighted by Gasteiger charge is -1.95. The summed E-state index contributed by atoms with van der Waals surface area (Å²) in [5.41, 5.74) is 2.28. The molecule has 0 fully saturated rings. The molecule has 0 amide bonds. The van der Waals surface area contributed by atoms with Gasteiger partial charge in [-0.15, -0.1) is 9.13 Å². The van der Waals surface area contributed by atoms with Gasteiger partial charge in [0.05, 0.1) is 12.6 Å². The van der Waals surface area contributed by atoms with Crippen LogP contribution in [0.1, 0.15) is 0 Å². The standard InChI is InChI=1S/C13H9N3O2/c1-14-11-6-12(15-2-4-17-9-15)8-13(7-11)16-3-5-18-10-16/h2-10H/q+2. The lowest BCUT2D eigenvalue weighted by atomic mass is 10.2. The first-order valence-corrected chi connectivity index (χ1v) is 5.27. The Hall–Kier alpha value is -2.87. The van der Waals surface area contributed by atoms with Crippen molar-refractivity contribution >= 4 is 5.69 Å². The highest BCUT2D eigenvalue weighted by atomic mass is 16.3. The molecule has 5 heteroatoms. The van der Waals surface area contributed by atoms with E-state index in [4.69, 9.17) is 15.4 Å². The summed E-state index contributed by atoms with van der Waals surface area (Å²) >= 11 is 0. The molecule has 0 bridgehead atoms. The third-order valence-electron chi connectivity index (χ3n) is 2.56. The van der Waals surface area contributed by atoms with Gasteiger partial charge in [0.25, 0.3) is 0 Å². The first-order valence-electron chi connectivity index (χ1n) is 5.27. The quantitative estimate of drug-likeness (QED) is 0.506. The molecule has 18 heavy (non-hydrogen) atoms. The number of hydrogen-bond donors (Lipinski definition) is 0. The van der Waals surface area contributed by atoms with Crippen molar-refractivity contribution in [2.24, 2.45) is 0 Å². The monoisotopic (exact) mass is 239 g/mol. The minimum atomic E-state index is 0.560. The van der Waals surface area contributed by atoms with E-state index in [-0.39, 0.29) is 0 Å². The Balaban J connectivity index is 2.17. The van der Waals surface area contributed by atoms with Crippen LogP contribution in [0.3, 0.4) is 0 Å². The van der Waals surface area contributed by atoms with Crippen LogP contribution in [-0.4, -0.2) is 0 Å². The normalized spacial score (nSPS) is 10.2. The van der Waals surface area contributed by atoms with E-state index >= 15 is 0 Å². The van der Waals surface area contributed by atoms with Crippen molar-refractivity contribution in [3.63, 3.8) is 0 Å². The fraction of sp³-hybridized carbons (Fsp3) is 0. The van der Waals surface area contributed by atoms with Gasteiger partial charge in [-0.2, -0.15) is 0 Å². The summed E-state index contributed by atoms with van der Waals surface area (Å²) < 4.78 is 13.7. The van der Waals surface area contributed by atoms with Gasteiger partial charge in [0.1, 0.15) is 0 Å². The molecular formula is C13H9N3O2+2. The highest BCUT2D eigenvalue weighted by Crippen LogP contribution is 2.18. The van der Waals surface area contributed by atoms with E-state index in [9.17, 15) is 0 Å². The second-order valence-corrected chi connectivity index (χ2v) is 3.69. The van der Waals surface area contributed by atoms with Gasteiger partial charge in [-0.3, -0.25) is 0 Å². The average Bonchev–Trinajstić information content (AvgIpc) is 3.10. The van der Waals surface area contributed by atoms with E-state index in [1.807, 2.05) is 6.07 Å². The van der Waals surface area contributed by atoms with Gasteiger partial charge in [0.15, 0.2) is 18.2 Å². The third kappa shape index (κ3) is 1.76. The van der Waals surface area contributed by atoms with E-state index in [0.29, 0.717) is 5.69 Å². The van der Waals surface area contributed by atoms with Crippen molar-refractivity contribution in [3.05, 3.63) is 67.3 Å². The lowest BCUT2D eigenvalue weighted by molar-refractivity contribution is -0.607. The van der Waals surface area contributed by atoms with Gasteiger partial charge < -0.3 is 8.83 Å². The predicted octanol–water partition coefficient (Wildman–Crippen LogP) is 1.98. The number of aromatic nitrogens is 2. The van der Waals surface area contributed by atoms with E-state index < -0.39 is 0 Å². The van der Waals surface area contributed by atoms with Gasteiger partial charge in [0.2, 0.25) is 23.8 Å². The van der Waals surface area contributed by atoms with Crippen LogP contribution in [0, 0.1) is 6.57 Å². The molecular weight excluding hydrogens is 230 g/mol. The summed E-state index contributed by atoms with van der Waals surface area (Å²) in [6.45, 7) is 7.15. The van der Waals surface area contributed by atoms with Crippen molar-refractivity contribution in [3.8, 4) is 11.4 Å². The first-order chi connectivity index (χ1) is 8.86. The molecule has 0 aliphatic heterocycles. The number of rotatable bonds is 2. The smallest absolute Gasteiger partial charge is 0.340 e. The van der Waals surface area contributed by atoms with Gasteiger partial charge in [-0.25, -0.2) is 4.85 Å². The van der Waals surface area contributed by atoms with Crippen molar-refractivity contribution < 1.29 is 18.0 Å². The van der Waals surface area contributed by atoms with Crippen LogP contribution in [0.4, 0.5) is 5.69 Å². The number of oxazole rings is 2. The van der Waals surface area contributed by atoms with Crippen molar-refractivity contribution in [2.75, 3.05) is 0 Å². The molecule has 0 atom stereocenters. The maximum Gasteiger partial charge on any atom is 0.340 e. The number of nitrogens with zero attached hydrogens (tertiary/aromatic N) is 3. The summed E-state index contributed by atoms with van der Waals surface area (Å²) in [5.74, 6) is 0. The molecule has 0 aliphatic carbocycles. The van der Waals surface area contributed by atoms with Crippen LogP contribution < -0.4 is 9.13 Å². The molecule has 3 aromatic rings. The van der Waals surface area contributed by atoms with E-state index in [1.54, 1.807) is 59.0 Å². The van der Waals surface area contributed by atoms with Crippen LogP contribution in [0.5, 0.6) is 0 Å². The van der Waals surface area contributed by atoms with Crippen molar-refractivity contribution in [1.29, 1.82) is 0 Å². The molecule has 2 heterocycles. The van der Waals surface area contributed by atoms with E-state index in [0.717, 1.165) is 11.4 Å². The van der Waals surface area contributed by atoms with E-state index in [2.05, 4.69) is 4.85 Å². The van der Waals surface area contributed by atoms with Crippen molar-refractivity contribution in [1.82, 2.24) is 0 Å². The Bertz CT molecular complexity index is 642. The van der Waals surface area contributed by atoms with Crippen LogP contribution in [0.25, 0.3) is 16.2 Å². The minimum absolute atomic E-state index is 0.560. The molecule has 2 aromatic heterocycles. The van der Waals surface area contributed by atoms with Crippen LogP contribution in [0.2, 0.25) is 0 Å². The maximum atomic E-state index is 7.15. The Kier molecular flexibility index (Phi) is 2.39. The zero-order chi connectivity index (χ0) is 12.4. The molecule has 0 radical (unpaired) electrons. The zero-order valence-corrected chi connectivity index (χ0v) is 9.35. The topological polar surface area (TPSA) is 38.4 Å². The molecule has 5 nitrogen and oxygen atoms in total. The largest absolute Gasteiger partial charge is 0.412 e. The van der Waals surface area contributed by atoms with Gasteiger partial charge in [-0.05, 0) is 0 Å². The van der Waals surface area contributed by atoms with Crippen molar-refractivity contribution in [2.45, 2.75) is 0 Å². The lowest BCUT2D eigenvalue weighted by Crippen LogP contribution is -2.30. The van der Waals surface area contributed by atoms with Gasteiger partial charge in [-0.1, -0.05) is 0 Å². The Morgan fingerprint density at radius 2 is 1.44 bits per heavy atom. The molecule has 0 saturated carbocycles. The molecule has 1 aromatic carbocycles. The SMILES string of the molecule is [C-]#[N+]c1cc(-[n+]2ccoc2)cc(-[n+]2ccoc2)c1. The van der Waals surface area contributed by atoms with Crippen LogP contribution in [-0.2, 0) is 0 Å². The maximum absolute atomic E-state index is 7.15. The number of benzene rings is 1. The molecule has 0 N–H and O–H groups in total. The van der Waals surface area contributed by atoms with E-state index in [1.165, 1.54) is 0 Å². The second-order valence-electron chi connectivity index (χ2n) is 3.69. The third-order valence-corrected chi connectivity index (χ3v) is 2.56. The highest BCUT2D eigenvalue weighted by Gasteiger charge is 2.16. The summed E-state index contributed by atoms with van der Waals surface area (Å²) in [6, 6.07) is 5.54. The Morgan fingerprint density at radius 3 is 1.83 bits per heavy atom. The number of hydrogen-bond acceptors (Lipinski definition) is 2. The summed E-state index contributed by atoms with van der Waals surface area (Å²) in [6.07, 6.45) is 9.88. The molecule has 0 unspecified atom stereocenters. The summed E-state index contributed by atoms with van der Waals surface area (Å²) in [5, 5.41) is 0. The Labute approximate surface area is 103 Å². The predicted molar refractivity (Wildman–Crippen MR) is 60.3 cm³/mol. The molecule has 3 rings (SSSR count). The molecule has 86 valence electrons. The molecule has 0 aliphatic rings. The zero-order valence-electron chi connectivity index (χ0n) is 9.35. The van der Waals surface area contributed by atoms with Crippen LogP contribution in [0.15, 0.2) is 64.7 Å². The Morgan fingerprint density at radius 1 is 0.889 bits per heavy atom.